The van der Waals surface area contributed by atoms with Crippen molar-refractivity contribution in [1.29, 1.82) is 0 Å². The van der Waals surface area contributed by atoms with E-state index in [9.17, 15) is 4.39 Å². The summed E-state index contributed by atoms with van der Waals surface area (Å²) >= 11 is 0. The average Bonchev–Trinajstić information content (AvgIpc) is 2.55. The molecule has 0 spiro atoms. The molecule has 0 unspecified atom stereocenters. The van der Waals surface area contributed by atoms with E-state index in [1.54, 1.807) is 36.7 Å². The molecule has 0 saturated heterocycles. The number of nitrogens with one attached hydrogen (secondary N) is 2. The van der Waals surface area contributed by atoms with Gasteiger partial charge in [-0.3, -0.25) is 4.98 Å². The van der Waals surface area contributed by atoms with E-state index >= 15 is 0 Å². The molecule has 1 aromatic carbocycles. The van der Waals surface area contributed by atoms with Gasteiger partial charge in [-0.2, -0.15) is 0 Å². The lowest BCUT2D eigenvalue weighted by atomic mass is 10.2. The number of aromatic nitrogens is 3. The van der Waals surface area contributed by atoms with Gasteiger partial charge in [-0.15, -0.1) is 0 Å². The van der Waals surface area contributed by atoms with Gasteiger partial charge >= 0.3 is 0 Å². The molecule has 0 amide bonds. The molecule has 5 nitrogen and oxygen atoms in total. The van der Waals surface area contributed by atoms with Crippen molar-refractivity contribution in [2.45, 2.75) is 19.9 Å². The molecule has 122 valence electrons. The summed E-state index contributed by atoms with van der Waals surface area (Å²) in [6.45, 7) is 4.03. The number of anilines is 3. The second-order valence-corrected chi connectivity index (χ2v) is 5.60. The third-order valence-electron chi connectivity index (χ3n) is 3.23. The summed E-state index contributed by atoms with van der Waals surface area (Å²) in [7, 11) is 0. The molecule has 2 N–H and O–H groups in total. The van der Waals surface area contributed by atoms with Crippen molar-refractivity contribution in [1.82, 2.24) is 15.0 Å². The fourth-order valence-corrected chi connectivity index (χ4v) is 2.23. The number of nitrogens with zero attached hydrogens (tertiary/aromatic N) is 3. The molecule has 24 heavy (non-hydrogen) atoms. The number of rotatable bonds is 5. The third-order valence-corrected chi connectivity index (χ3v) is 3.23. The first kappa shape index (κ1) is 15.9. The summed E-state index contributed by atoms with van der Waals surface area (Å²) in [5.41, 5.74) is 1.21. The number of benzene rings is 1. The Bertz CT molecular complexity index is 821. The zero-order valence-corrected chi connectivity index (χ0v) is 13.5. The maximum atomic E-state index is 14.1. The van der Waals surface area contributed by atoms with Crippen LogP contribution in [0, 0.1) is 5.82 Å². The highest BCUT2D eigenvalue weighted by Gasteiger charge is 2.11. The smallest absolute Gasteiger partial charge is 0.166 e. The quantitative estimate of drug-likeness (QED) is 0.735. The van der Waals surface area contributed by atoms with Crippen LogP contribution in [0.4, 0.5) is 21.7 Å². The standard InChI is InChI=1S/C18H18FN5/c1-12(2)21-16-11-17(22-13-7-9-20-10-8-13)24-18(23-16)14-5-3-4-6-15(14)19/h3-12H,1-2H3,(H2,20,21,22,23,24). The minimum Gasteiger partial charge on any atom is -0.368 e. The highest BCUT2D eigenvalue weighted by atomic mass is 19.1. The van der Waals surface area contributed by atoms with Gasteiger partial charge in [0.15, 0.2) is 5.82 Å². The summed E-state index contributed by atoms with van der Waals surface area (Å²) in [4.78, 5) is 12.9. The largest absolute Gasteiger partial charge is 0.368 e. The Morgan fingerprint density at radius 3 is 2.38 bits per heavy atom. The summed E-state index contributed by atoms with van der Waals surface area (Å²) in [6, 6.07) is 12.1. The van der Waals surface area contributed by atoms with Crippen LogP contribution in [0.1, 0.15) is 13.8 Å². The van der Waals surface area contributed by atoms with Crippen molar-refractivity contribution in [3.8, 4) is 11.4 Å². The molecule has 0 aliphatic rings. The minimum atomic E-state index is -0.353. The Balaban J connectivity index is 2.02. The number of halogens is 1. The summed E-state index contributed by atoms with van der Waals surface area (Å²) in [5.74, 6) is 1.19. The molecule has 0 radical (unpaired) electrons. The molecule has 3 rings (SSSR count). The van der Waals surface area contributed by atoms with Crippen molar-refractivity contribution >= 4 is 17.3 Å². The molecule has 0 aliphatic heterocycles. The van der Waals surface area contributed by atoms with Crippen LogP contribution in [0.2, 0.25) is 0 Å². The van der Waals surface area contributed by atoms with Gasteiger partial charge in [0.1, 0.15) is 17.5 Å². The van der Waals surface area contributed by atoms with Gasteiger partial charge < -0.3 is 10.6 Å². The Morgan fingerprint density at radius 2 is 1.67 bits per heavy atom. The summed E-state index contributed by atoms with van der Waals surface area (Å²) < 4.78 is 14.1. The van der Waals surface area contributed by atoms with E-state index in [1.165, 1.54) is 6.07 Å². The molecular formula is C18H18FN5. The lowest BCUT2D eigenvalue weighted by Crippen LogP contribution is -2.12. The second-order valence-electron chi connectivity index (χ2n) is 5.60. The topological polar surface area (TPSA) is 62.7 Å². The highest BCUT2D eigenvalue weighted by Crippen LogP contribution is 2.24. The molecule has 0 fully saturated rings. The van der Waals surface area contributed by atoms with Crippen molar-refractivity contribution in [3.05, 3.63) is 60.7 Å². The van der Waals surface area contributed by atoms with Gasteiger partial charge in [0, 0.05) is 30.2 Å². The highest BCUT2D eigenvalue weighted by molar-refractivity contribution is 5.65. The van der Waals surface area contributed by atoms with E-state index in [0.717, 1.165) is 5.69 Å². The third kappa shape index (κ3) is 3.84. The molecule has 0 bridgehead atoms. The van der Waals surface area contributed by atoms with Crippen molar-refractivity contribution in [2.24, 2.45) is 0 Å². The lowest BCUT2D eigenvalue weighted by Gasteiger charge is -2.13. The van der Waals surface area contributed by atoms with E-state index in [-0.39, 0.29) is 11.9 Å². The zero-order valence-electron chi connectivity index (χ0n) is 13.5. The molecule has 3 aromatic rings. The number of pyridine rings is 1. The zero-order chi connectivity index (χ0) is 16.9. The SMILES string of the molecule is CC(C)Nc1cc(Nc2ccncc2)nc(-c2ccccc2F)n1. The van der Waals surface area contributed by atoms with Crippen LogP contribution in [0.3, 0.4) is 0 Å². The van der Waals surface area contributed by atoms with Crippen molar-refractivity contribution in [3.63, 3.8) is 0 Å². The minimum absolute atomic E-state index is 0.196. The maximum Gasteiger partial charge on any atom is 0.166 e. The Kier molecular flexibility index (Phi) is 4.65. The Labute approximate surface area is 140 Å². The van der Waals surface area contributed by atoms with Crippen LogP contribution < -0.4 is 10.6 Å². The lowest BCUT2D eigenvalue weighted by molar-refractivity contribution is 0.630. The van der Waals surface area contributed by atoms with Gasteiger partial charge in [-0.1, -0.05) is 12.1 Å². The predicted molar refractivity (Wildman–Crippen MR) is 93.7 cm³/mol. The van der Waals surface area contributed by atoms with Crippen LogP contribution in [-0.4, -0.2) is 21.0 Å². The van der Waals surface area contributed by atoms with E-state index in [1.807, 2.05) is 26.0 Å². The van der Waals surface area contributed by atoms with E-state index in [4.69, 9.17) is 0 Å². The van der Waals surface area contributed by atoms with E-state index in [0.29, 0.717) is 23.0 Å². The van der Waals surface area contributed by atoms with Crippen LogP contribution in [0.15, 0.2) is 54.9 Å². The first-order valence-corrected chi connectivity index (χ1v) is 7.69. The van der Waals surface area contributed by atoms with Crippen LogP contribution >= 0.6 is 0 Å². The van der Waals surface area contributed by atoms with Gasteiger partial charge in [0.05, 0.1) is 5.56 Å². The molecule has 0 saturated carbocycles. The molecule has 0 aliphatic carbocycles. The Hall–Kier alpha value is -3.02. The van der Waals surface area contributed by atoms with E-state index in [2.05, 4.69) is 25.6 Å². The molecule has 2 heterocycles. The maximum absolute atomic E-state index is 14.1. The van der Waals surface area contributed by atoms with Crippen molar-refractivity contribution < 1.29 is 4.39 Å². The average molecular weight is 323 g/mol. The molecule has 6 heteroatoms. The first-order valence-electron chi connectivity index (χ1n) is 7.69. The van der Waals surface area contributed by atoms with Crippen LogP contribution in [-0.2, 0) is 0 Å². The molecular weight excluding hydrogens is 305 g/mol. The summed E-state index contributed by atoms with van der Waals surface area (Å²) in [5, 5.41) is 6.43. The fraction of sp³-hybridized carbons (Fsp3) is 0.167. The first-order chi connectivity index (χ1) is 11.6. The predicted octanol–water partition coefficient (Wildman–Crippen LogP) is 4.24. The fourth-order valence-electron chi connectivity index (χ4n) is 2.23. The van der Waals surface area contributed by atoms with Gasteiger partial charge in [0.25, 0.3) is 0 Å². The summed E-state index contributed by atoms with van der Waals surface area (Å²) in [6.07, 6.45) is 3.38. The molecule has 2 aromatic heterocycles. The van der Waals surface area contributed by atoms with Gasteiger partial charge in [-0.25, -0.2) is 14.4 Å². The Morgan fingerprint density at radius 1 is 0.958 bits per heavy atom. The van der Waals surface area contributed by atoms with Gasteiger partial charge in [0.2, 0.25) is 0 Å². The second kappa shape index (κ2) is 7.04. The normalized spacial score (nSPS) is 10.7. The molecule has 0 atom stereocenters. The van der Waals surface area contributed by atoms with Gasteiger partial charge in [-0.05, 0) is 38.1 Å². The van der Waals surface area contributed by atoms with Crippen LogP contribution in [0.25, 0.3) is 11.4 Å². The monoisotopic (exact) mass is 323 g/mol. The number of hydrogen-bond acceptors (Lipinski definition) is 5. The van der Waals surface area contributed by atoms with Crippen LogP contribution in [0.5, 0.6) is 0 Å². The van der Waals surface area contributed by atoms with Crippen molar-refractivity contribution in [2.75, 3.05) is 10.6 Å². The van der Waals surface area contributed by atoms with E-state index < -0.39 is 0 Å². The number of hydrogen-bond donors (Lipinski definition) is 2.